The third-order valence-corrected chi connectivity index (χ3v) is 3.44. The van der Waals surface area contributed by atoms with Crippen LogP contribution in [0.15, 0.2) is 24.3 Å². The van der Waals surface area contributed by atoms with Gasteiger partial charge in [-0.25, -0.2) is 0 Å². The number of rotatable bonds is 4. The Hall–Kier alpha value is -1.22. The smallest absolute Gasteiger partial charge is 0.121 e. The highest BCUT2D eigenvalue weighted by molar-refractivity contribution is 5.50. The van der Waals surface area contributed by atoms with Crippen LogP contribution >= 0.6 is 0 Å². The van der Waals surface area contributed by atoms with E-state index in [1.165, 1.54) is 12.1 Å². The Balaban J connectivity index is 2.05. The molecule has 1 N–H and O–H groups in total. The van der Waals surface area contributed by atoms with E-state index in [-0.39, 0.29) is 6.10 Å². The van der Waals surface area contributed by atoms with Crippen LogP contribution in [-0.2, 0) is 0 Å². The number of hydrogen-bond acceptors (Lipinski definition) is 3. The fraction of sp³-hybridized carbons (Fsp3) is 0.600. The summed E-state index contributed by atoms with van der Waals surface area (Å²) in [5, 5.41) is 3.43. The SMILES string of the molecule is CCC(C)Oc1cccc(N2CCCNCC2)c1. The predicted octanol–water partition coefficient (Wildman–Crippen LogP) is 2.66. The summed E-state index contributed by atoms with van der Waals surface area (Å²) in [7, 11) is 0. The first-order chi connectivity index (χ1) is 8.79. The minimum atomic E-state index is 0.283. The number of anilines is 1. The molecule has 1 fully saturated rings. The van der Waals surface area contributed by atoms with Crippen molar-refractivity contribution in [2.75, 3.05) is 31.1 Å². The number of nitrogens with one attached hydrogen (secondary N) is 1. The van der Waals surface area contributed by atoms with Gasteiger partial charge in [0, 0.05) is 31.4 Å². The molecule has 100 valence electrons. The third-order valence-electron chi connectivity index (χ3n) is 3.44. The zero-order valence-electron chi connectivity index (χ0n) is 11.5. The monoisotopic (exact) mass is 248 g/mol. The second-order valence-corrected chi connectivity index (χ2v) is 4.92. The average Bonchev–Trinajstić information content (AvgIpc) is 2.68. The predicted molar refractivity (Wildman–Crippen MR) is 76.5 cm³/mol. The Labute approximate surface area is 110 Å². The highest BCUT2D eigenvalue weighted by Crippen LogP contribution is 2.22. The van der Waals surface area contributed by atoms with E-state index in [4.69, 9.17) is 4.74 Å². The van der Waals surface area contributed by atoms with Crippen molar-refractivity contribution < 1.29 is 4.74 Å². The fourth-order valence-corrected chi connectivity index (χ4v) is 2.17. The molecule has 1 heterocycles. The van der Waals surface area contributed by atoms with Crippen molar-refractivity contribution in [2.45, 2.75) is 32.8 Å². The minimum absolute atomic E-state index is 0.283. The quantitative estimate of drug-likeness (QED) is 0.886. The van der Waals surface area contributed by atoms with Crippen molar-refractivity contribution in [2.24, 2.45) is 0 Å². The highest BCUT2D eigenvalue weighted by Gasteiger charge is 2.10. The van der Waals surface area contributed by atoms with Crippen LogP contribution in [0.5, 0.6) is 5.75 Å². The van der Waals surface area contributed by atoms with Crippen LogP contribution in [0.3, 0.4) is 0 Å². The maximum absolute atomic E-state index is 5.88. The van der Waals surface area contributed by atoms with Gasteiger partial charge in [-0.1, -0.05) is 13.0 Å². The molecule has 0 spiro atoms. The van der Waals surface area contributed by atoms with Crippen LogP contribution in [-0.4, -0.2) is 32.3 Å². The normalized spacial score (nSPS) is 18.2. The van der Waals surface area contributed by atoms with Gasteiger partial charge in [-0.3, -0.25) is 0 Å². The van der Waals surface area contributed by atoms with Gasteiger partial charge in [0.25, 0.3) is 0 Å². The largest absolute Gasteiger partial charge is 0.491 e. The molecule has 1 aliphatic rings. The summed E-state index contributed by atoms with van der Waals surface area (Å²) in [6.45, 7) is 8.65. The van der Waals surface area contributed by atoms with E-state index in [0.717, 1.165) is 38.3 Å². The second kappa shape index (κ2) is 6.64. The number of nitrogens with zero attached hydrogens (tertiary/aromatic N) is 1. The average molecular weight is 248 g/mol. The molecule has 1 aliphatic heterocycles. The standard InChI is InChI=1S/C15H24N2O/c1-3-13(2)18-15-7-4-6-14(12-15)17-10-5-8-16-9-11-17/h4,6-7,12-13,16H,3,5,8-11H2,1-2H3. The van der Waals surface area contributed by atoms with Crippen LogP contribution in [0.25, 0.3) is 0 Å². The van der Waals surface area contributed by atoms with E-state index in [1.54, 1.807) is 0 Å². The molecule has 3 nitrogen and oxygen atoms in total. The molecule has 0 aromatic heterocycles. The van der Waals surface area contributed by atoms with Gasteiger partial charge >= 0.3 is 0 Å². The van der Waals surface area contributed by atoms with Gasteiger partial charge in [0.05, 0.1) is 6.10 Å². The Morgan fingerprint density at radius 2 is 2.22 bits per heavy atom. The van der Waals surface area contributed by atoms with Crippen molar-refractivity contribution in [1.82, 2.24) is 5.32 Å². The van der Waals surface area contributed by atoms with Crippen molar-refractivity contribution in [1.29, 1.82) is 0 Å². The molecule has 1 atom stereocenters. The van der Waals surface area contributed by atoms with Gasteiger partial charge in [-0.05, 0) is 38.4 Å². The Bertz CT molecular complexity index is 359. The lowest BCUT2D eigenvalue weighted by Crippen LogP contribution is -2.27. The zero-order valence-corrected chi connectivity index (χ0v) is 11.5. The topological polar surface area (TPSA) is 24.5 Å². The first kappa shape index (κ1) is 13.2. The van der Waals surface area contributed by atoms with Crippen LogP contribution in [0.4, 0.5) is 5.69 Å². The fourth-order valence-electron chi connectivity index (χ4n) is 2.17. The van der Waals surface area contributed by atoms with Crippen LogP contribution < -0.4 is 15.0 Å². The lowest BCUT2D eigenvalue weighted by molar-refractivity contribution is 0.217. The van der Waals surface area contributed by atoms with Crippen molar-refractivity contribution in [3.8, 4) is 5.75 Å². The molecule has 2 rings (SSSR count). The lowest BCUT2D eigenvalue weighted by Gasteiger charge is -2.23. The lowest BCUT2D eigenvalue weighted by atomic mass is 10.2. The molecule has 1 aromatic carbocycles. The zero-order chi connectivity index (χ0) is 12.8. The molecule has 0 aliphatic carbocycles. The summed E-state index contributed by atoms with van der Waals surface area (Å²) >= 11 is 0. The molecule has 0 saturated carbocycles. The number of hydrogen-bond donors (Lipinski definition) is 1. The Morgan fingerprint density at radius 3 is 3.06 bits per heavy atom. The summed E-state index contributed by atoms with van der Waals surface area (Å²) in [6.07, 6.45) is 2.53. The van der Waals surface area contributed by atoms with Crippen LogP contribution in [0.1, 0.15) is 26.7 Å². The van der Waals surface area contributed by atoms with Crippen LogP contribution in [0.2, 0.25) is 0 Å². The molecule has 1 aromatic rings. The molecule has 1 unspecified atom stereocenters. The Morgan fingerprint density at radius 1 is 1.33 bits per heavy atom. The van der Waals surface area contributed by atoms with Gasteiger partial charge in [0.2, 0.25) is 0 Å². The Kier molecular flexibility index (Phi) is 4.88. The van der Waals surface area contributed by atoms with Gasteiger partial charge in [-0.15, -0.1) is 0 Å². The highest BCUT2D eigenvalue weighted by atomic mass is 16.5. The van der Waals surface area contributed by atoms with E-state index in [1.807, 2.05) is 6.07 Å². The molecular formula is C15H24N2O. The third kappa shape index (κ3) is 3.64. The number of benzene rings is 1. The summed E-state index contributed by atoms with van der Waals surface area (Å²) in [6, 6.07) is 8.48. The minimum Gasteiger partial charge on any atom is -0.491 e. The summed E-state index contributed by atoms with van der Waals surface area (Å²) in [5.41, 5.74) is 1.28. The van der Waals surface area contributed by atoms with Gasteiger partial charge in [-0.2, -0.15) is 0 Å². The summed E-state index contributed by atoms with van der Waals surface area (Å²) in [4.78, 5) is 2.43. The first-order valence-corrected chi connectivity index (χ1v) is 7.02. The maximum Gasteiger partial charge on any atom is 0.121 e. The first-order valence-electron chi connectivity index (χ1n) is 7.02. The van der Waals surface area contributed by atoms with E-state index < -0.39 is 0 Å². The van der Waals surface area contributed by atoms with Crippen molar-refractivity contribution in [3.05, 3.63) is 24.3 Å². The summed E-state index contributed by atoms with van der Waals surface area (Å²) in [5.74, 6) is 0.985. The van der Waals surface area contributed by atoms with Crippen molar-refractivity contribution >= 4 is 5.69 Å². The molecular weight excluding hydrogens is 224 g/mol. The number of ether oxygens (including phenoxy) is 1. The van der Waals surface area contributed by atoms with Gasteiger partial charge in [0.15, 0.2) is 0 Å². The molecule has 0 radical (unpaired) electrons. The van der Waals surface area contributed by atoms with E-state index in [2.05, 4.69) is 42.3 Å². The van der Waals surface area contributed by atoms with E-state index in [0.29, 0.717) is 0 Å². The summed E-state index contributed by atoms with van der Waals surface area (Å²) < 4.78 is 5.88. The molecule has 1 saturated heterocycles. The van der Waals surface area contributed by atoms with Gasteiger partial charge < -0.3 is 15.0 Å². The van der Waals surface area contributed by atoms with E-state index in [9.17, 15) is 0 Å². The molecule has 0 amide bonds. The molecule has 3 heteroatoms. The van der Waals surface area contributed by atoms with Crippen molar-refractivity contribution in [3.63, 3.8) is 0 Å². The van der Waals surface area contributed by atoms with Crippen LogP contribution in [0, 0.1) is 0 Å². The molecule has 18 heavy (non-hydrogen) atoms. The van der Waals surface area contributed by atoms with Gasteiger partial charge in [0.1, 0.15) is 5.75 Å². The second-order valence-electron chi connectivity index (χ2n) is 4.92. The maximum atomic E-state index is 5.88. The molecule has 0 bridgehead atoms. The van der Waals surface area contributed by atoms with E-state index >= 15 is 0 Å².